The molecule has 1 fully saturated rings. The second-order valence-electron chi connectivity index (χ2n) is 5.76. The first-order chi connectivity index (χ1) is 9.93. The van der Waals surface area contributed by atoms with Gasteiger partial charge in [0.2, 0.25) is 0 Å². The molecule has 0 bridgehead atoms. The molecule has 0 aliphatic heterocycles. The number of nitrogens with zero attached hydrogens (tertiary/aromatic N) is 4. The highest BCUT2D eigenvalue weighted by Crippen LogP contribution is 2.31. The zero-order valence-electron chi connectivity index (χ0n) is 11.5. The van der Waals surface area contributed by atoms with Crippen molar-refractivity contribution in [3.63, 3.8) is 0 Å². The summed E-state index contributed by atoms with van der Waals surface area (Å²) in [5, 5.41) is 8.79. The van der Waals surface area contributed by atoms with Crippen molar-refractivity contribution in [3.05, 3.63) is 24.3 Å². The number of hydrogen-bond acceptors (Lipinski definition) is 3. The molecule has 0 amide bonds. The minimum atomic E-state index is 0.533. The highest BCUT2D eigenvalue weighted by Gasteiger charge is 2.20. The van der Waals surface area contributed by atoms with E-state index in [9.17, 15) is 0 Å². The van der Waals surface area contributed by atoms with E-state index in [-0.39, 0.29) is 0 Å². The van der Waals surface area contributed by atoms with Gasteiger partial charge in [0, 0.05) is 12.1 Å². The first kappa shape index (κ1) is 11.9. The van der Waals surface area contributed by atoms with Crippen molar-refractivity contribution >= 4 is 16.8 Å². The van der Waals surface area contributed by atoms with Crippen LogP contribution in [0.2, 0.25) is 0 Å². The minimum Gasteiger partial charge on any atom is -0.345 e. The van der Waals surface area contributed by atoms with Gasteiger partial charge in [0.15, 0.2) is 11.3 Å². The SMILES string of the molecule is c1cc2c(ncc3nnc(C4CCCCCCC4)n32)[nH]1. The number of rotatable bonds is 1. The number of aromatic amines is 1. The van der Waals surface area contributed by atoms with Gasteiger partial charge in [-0.3, -0.25) is 4.40 Å². The van der Waals surface area contributed by atoms with Gasteiger partial charge in [-0.2, -0.15) is 0 Å². The number of hydrogen-bond donors (Lipinski definition) is 1. The van der Waals surface area contributed by atoms with E-state index in [0.29, 0.717) is 5.92 Å². The van der Waals surface area contributed by atoms with Gasteiger partial charge in [-0.25, -0.2) is 4.98 Å². The largest absolute Gasteiger partial charge is 0.345 e. The summed E-state index contributed by atoms with van der Waals surface area (Å²) < 4.78 is 2.19. The maximum Gasteiger partial charge on any atom is 0.179 e. The van der Waals surface area contributed by atoms with Crippen LogP contribution in [0.4, 0.5) is 0 Å². The van der Waals surface area contributed by atoms with Crippen LogP contribution in [-0.2, 0) is 0 Å². The van der Waals surface area contributed by atoms with E-state index in [1.54, 1.807) is 6.20 Å². The van der Waals surface area contributed by atoms with Crippen LogP contribution in [0.1, 0.15) is 56.7 Å². The first-order valence-corrected chi connectivity index (χ1v) is 7.60. The fourth-order valence-electron chi connectivity index (χ4n) is 3.38. The molecule has 0 aromatic carbocycles. The monoisotopic (exact) mass is 269 g/mol. The van der Waals surface area contributed by atoms with Gasteiger partial charge in [0.1, 0.15) is 5.82 Å². The Bertz CT molecular complexity index is 718. The molecule has 1 N–H and O–H groups in total. The molecular weight excluding hydrogens is 250 g/mol. The molecular formula is C15H19N5. The Hall–Kier alpha value is -1.91. The lowest BCUT2D eigenvalue weighted by Gasteiger charge is -2.18. The number of nitrogens with one attached hydrogen (secondary N) is 1. The quantitative estimate of drug-likeness (QED) is 0.736. The third kappa shape index (κ3) is 1.88. The molecule has 5 nitrogen and oxygen atoms in total. The summed E-state index contributed by atoms with van der Waals surface area (Å²) in [5.74, 6) is 1.65. The summed E-state index contributed by atoms with van der Waals surface area (Å²) in [6.45, 7) is 0. The third-order valence-electron chi connectivity index (χ3n) is 4.44. The van der Waals surface area contributed by atoms with Gasteiger partial charge in [0.25, 0.3) is 0 Å². The lowest BCUT2D eigenvalue weighted by atomic mass is 9.90. The van der Waals surface area contributed by atoms with Crippen molar-refractivity contribution in [3.8, 4) is 0 Å². The molecule has 3 aromatic heterocycles. The van der Waals surface area contributed by atoms with Crippen LogP contribution >= 0.6 is 0 Å². The Kier molecular flexibility index (Phi) is 2.90. The van der Waals surface area contributed by atoms with Crippen molar-refractivity contribution < 1.29 is 0 Å². The van der Waals surface area contributed by atoms with Crippen LogP contribution in [0.5, 0.6) is 0 Å². The second-order valence-corrected chi connectivity index (χ2v) is 5.76. The van der Waals surface area contributed by atoms with E-state index < -0.39 is 0 Å². The summed E-state index contributed by atoms with van der Waals surface area (Å²) in [6.07, 6.45) is 12.9. The zero-order chi connectivity index (χ0) is 13.4. The van der Waals surface area contributed by atoms with Gasteiger partial charge in [0.05, 0.1) is 11.7 Å². The molecule has 0 atom stereocenters. The molecule has 3 aromatic rings. The predicted octanol–water partition coefficient (Wildman–Crippen LogP) is 3.43. The average molecular weight is 269 g/mol. The number of H-pyrrole nitrogens is 1. The minimum absolute atomic E-state index is 0.533. The van der Waals surface area contributed by atoms with E-state index >= 15 is 0 Å². The Morgan fingerprint density at radius 1 is 1.05 bits per heavy atom. The molecule has 0 spiro atoms. The molecule has 4 rings (SSSR count). The lowest BCUT2D eigenvalue weighted by Crippen LogP contribution is -2.07. The topological polar surface area (TPSA) is 58.9 Å². The van der Waals surface area contributed by atoms with Crippen LogP contribution in [0.25, 0.3) is 16.8 Å². The Balaban J connectivity index is 1.83. The van der Waals surface area contributed by atoms with E-state index in [4.69, 9.17) is 0 Å². The molecule has 1 aliphatic rings. The fourth-order valence-corrected chi connectivity index (χ4v) is 3.38. The number of fused-ring (bicyclic) bond motifs is 3. The van der Waals surface area contributed by atoms with Gasteiger partial charge in [-0.1, -0.05) is 32.1 Å². The van der Waals surface area contributed by atoms with Crippen LogP contribution in [0, 0.1) is 0 Å². The molecule has 5 heteroatoms. The third-order valence-corrected chi connectivity index (χ3v) is 4.44. The van der Waals surface area contributed by atoms with E-state index in [2.05, 4.69) is 30.6 Å². The first-order valence-electron chi connectivity index (χ1n) is 7.60. The summed E-state index contributed by atoms with van der Waals surface area (Å²) in [6, 6.07) is 2.06. The zero-order valence-corrected chi connectivity index (χ0v) is 11.5. The van der Waals surface area contributed by atoms with Crippen molar-refractivity contribution in [1.82, 2.24) is 24.6 Å². The highest BCUT2D eigenvalue weighted by atomic mass is 15.3. The maximum atomic E-state index is 4.48. The van der Waals surface area contributed by atoms with Crippen LogP contribution in [0.15, 0.2) is 18.5 Å². The number of aromatic nitrogens is 5. The van der Waals surface area contributed by atoms with E-state index in [1.165, 1.54) is 44.9 Å². The molecule has 1 aliphatic carbocycles. The standard InChI is InChI=1S/C15H19N5/c1-2-4-6-11(7-5-3-1)15-19-18-13-10-17-14-12(20(13)15)8-9-16-14/h8-11,16H,1-7H2. The van der Waals surface area contributed by atoms with Crippen molar-refractivity contribution in [2.75, 3.05) is 0 Å². The summed E-state index contributed by atoms with van der Waals surface area (Å²) >= 11 is 0. The average Bonchev–Trinajstić information content (AvgIpc) is 3.02. The molecule has 104 valence electrons. The lowest BCUT2D eigenvalue weighted by molar-refractivity contribution is 0.441. The fraction of sp³-hybridized carbons (Fsp3) is 0.533. The van der Waals surface area contributed by atoms with Crippen LogP contribution in [0.3, 0.4) is 0 Å². The van der Waals surface area contributed by atoms with Gasteiger partial charge in [-0.05, 0) is 18.9 Å². The van der Waals surface area contributed by atoms with E-state index in [1.807, 2.05) is 6.20 Å². The summed E-state index contributed by atoms with van der Waals surface area (Å²) in [5.41, 5.74) is 2.85. The summed E-state index contributed by atoms with van der Waals surface area (Å²) in [7, 11) is 0. The van der Waals surface area contributed by atoms with Crippen LogP contribution in [-0.4, -0.2) is 24.6 Å². The van der Waals surface area contributed by atoms with Crippen molar-refractivity contribution in [2.24, 2.45) is 0 Å². The molecule has 20 heavy (non-hydrogen) atoms. The van der Waals surface area contributed by atoms with Gasteiger partial charge >= 0.3 is 0 Å². The second kappa shape index (κ2) is 4.89. The Labute approximate surface area is 117 Å². The maximum absolute atomic E-state index is 4.48. The summed E-state index contributed by atoms with van der Waals surface area (Å²) in [4.78, 5) is 7.55. The molecule has 3 heterocycles. The van der Waals surface area contributed by atoms with Gasteiger partial charge in [-0.15, -0.1) is 10.2 Å². The van der Waals surface area contributed by atoms with Crippen molar-refractivity contribution in [2.45, 2.75) is 50.9 Å². The molecule has 0 saturated heterocycles. The normalized spacial score (nSPS) is 18.4. The van der Waals surface area contributed by atoms with E-state index in [0.717, 1.165) is 22.6 Å². The Morgan fingerprint density at radius 2 is 1.85 bits per heavy atom. The predicted molar refractivity (Wildman–Crippen MR) is 77.7 cm³/mol. The molecule has 0 unspecified atom stereocenters. The smallest absolute Gasteiger partial charge is 0.179 e. The van der Waals surface area contributed by atoms with Gasteiger partial charge < -0.3 is 4.98 Å². The molecule has 1 saturated carbocycles. The highest BCUT2D eigenvalue weighted by molar-refractivity contribution is 5.74. The van der Waals surface area contributed by atoms with Crippen LogP contribution < -0.4 is 0 Å². The van der Waals surface area contributed by atoms with Crippen molar-refractivity contribution in [1.29, 1.82) is 0 Å². The molecule has 0 radical (unpaired) electrons. The Morgan fingerprint density at radius 3 is 2.70 bits per heavy atom.